The third kappa shape index (κ3) is 4.56. The summed E-state index contributed by atoms with van der Waals surface area (Å²) in [6, 6.07) is 5.30. The summed E-state index contributed by atoms with van der Waals surface area (Å²) in [7, 11) is 0. The maximum atomic E-state index is 13.3. The number of aryl methyl sites for hydroxylation is 2. The van der Waals surface area contributed by atoms with Gasteiger partial charge in [0.25, 0.3) is 5.91 Å². The Hall–Kier alpha value is -2.34. The Morgan fingerprint density at radius 1 is 1.31 bits per heavy atom. The summed E-state index contributed by atoms with van der Waals surface area (Å²) in [4.78, 5) is 27.2. The van der Waals surface area contributed by atoms with Crippen LogP contribution in [0.15, 0.2) is 27.4 Å². The van der Waals surface area contributed by atoms with Crippen molar-refractivity contribution in [2.24, 2.45) is 5.92 Å². The van der Waals surface area contributed by atoms with Gasteiger partial charge in [0.05, 0.1) is 11.0 Å². The van der Waals surface area contributed by atoms with Gasteiger partial charge in [-0.05, 0) is 69.2 Å². The van der Waals surface area contributed by atoms with Crippen LogP contribution in [0.3, 0.4) is 0 Å². The molecule has 2 aromatic rings. The zero-order valence-electron chi connectivity index (χ0n) is 19.5. The molecule has 174 valence electrons. The van der Waals surface area contributed by atoms with Gasteiger partial charge in [0, 0.05) is 25.1 Å². The minimum atomic E-state index is -0.666. The van der Waals surface area contributed by atoms with Crippen molar-refractivity contribution in [1.82, 2.24) is 4.90 Å². The smallest absolute Gasteiger partial charge is 0.336 e. The maximum absolute atomic E-state index is 13.3. The molecule has 1 saturated carbocycles. The summed E-state index contributed by atoms with van der Waals surface area (Å²) < 4.78 is 11.7. The van der Waals surface area contributed by atoms with Crippen LogP contribution < -0.4 is 10.4 Å². The van der Waals surface area contributed by atoms with Gasteiger partial charge in [-0.15, -0.1) is 0 Å². The lowest BCUT2D eigenvalue weighted by atomic mass is 9.71. The first kappa shape index (κ1) is 22.8. The fraction of sp³-hybridized carbons (Fsp3) is 0.615. The molecule has 1 aromatic carbocycles. The zero-order valence-corrected chi connectivity index (χ0v) is 19.5. The lowest BCUT2D eigenvalue weighted by Gasteiger charge is -2.47. The summed E-state index contributed by atoms with van der Waals surface area (Å²) in [5.74, 6) is 0.678. The van der Waals surface area contributed by atoms with E-state index in [0.29, 0.717) is 30.8 Å². The van der Waals surface area contributed by atoms with Crippen LogP contribution in [0.1, 0.15) is 69.9 Å². The number of unbranched alkanes of at least 4 members (excludes halogenated alkanes) is 1. The molecule has 32 heavy (non-hydrogen) atoms. The molecule has 2 fully saturated rings. The van der Waals surface area contributed by atoms with Gasteiger partial charge < -0.3 is 19.2 Å². The van der Waals surface area contributed by atoms with E-state index in [1.165, 1.54) is 0 Å². The molecule has 1 aromatic heterocycles. The number of likely N-dealkylation sites (tertiary alicyclic amines) is 1. The number of rotatable bonds is 6. The van der Waals surface area contributed by atoms with Crippen LogP contribution in [0.4, 0.5) is 0 Å². The van der Waals surface area contributed by atoms with Gasteiger partial charge in [-0.2, -0.15) is 0 Å². The van der Waals surface area contributed by atoms with Crippen LogP contribution in [0, 0.1) is 12.8 Å². The van der Waals surface area contributed by atoms with Crippen molar-refractivity contribution in [3.63, 3.8) is 0 Å². The summed E-state index contributed by atoms with van der Waals surface area (Å²) in [5, 5.41) is 11.7. The van der Waals surface area contributed by atoms with Crippen LogP contribution in [0.2, 0.25) is 0 Å². The largest absolute Gasteiger partial charge is 0.480 e. The highest BCUT2D eigenvalue weighted by Crippen LogP contribution is 2.40. The minimum absolute atomic E-state index is 0.0558. The van der Waals surface area contributed by atoms with Crippen molar-refractivity contribution in [1.29, 1.82) is 0 Å². The molecule has 2 heterocycles. The number of amides is 1. The van der Waals surface area contributed by atoms with Gasteiger partial charge in [0.15, 0.2) is 6.10 Å². The SMILES string of the molecule is CCCCc1cc(=O)oc2cc(C)cc(O[C@H](C)C(=O)N3CC[C@]4(O)CCCC[C@H]4C3)c12. The molecule has 0 unspecified atom stereocenters. The Morgan fingerprint density at radius 2 is 2.12 bits per heavy atom. The van der Waals surface area contributed by atoms with Crippen LogP contribution in [-0.2, 0) is 11.2 Å². The highest BCUT2D eigenvalue weighted by atomic mass is 16.5. The molecule has 1 aliphatic carbocycles. The Labute approximate surface area is 189 Å². The Balaban J connectivity index is 1.57. The first-order valence-corrected chi connectivity index (χ1v) is 12.1. The fourth-order valence-electron chi connectivity index (χ4n) is 5.40. The number of benzene rings is 1. The van der Waals surface area contributed by atoms with Gasteiger partial charge in [-0.1, -0.05) is 26.2 Å². The van der Waals surface area contributed by atoms with E-state index >= 15 is 0 Å². The fourth-order valence-corrected chi connectivity index (χ4v) is 5.40. The Morgan fingerprint density at radius 3 is 2.91 bits per heavy atom. The number of piperidine rings is 1. The third-order valence-electron chi connectivity index (χ3n) is 7.22. The van der Waals surface area contributed by atoms with Crippen molar-refractivity contribution in [3.05, 3.63) is 39.7 Å². The molecule has 0 radical (unpaired) electrons. The predicted octanol–water partition coefficient (Wildman–Crippen LogP) is 4.36. The molecule has 3 atom stereocenters. The molecule has 1 amide bonds. The summed E-state index contributed by atoms with van der Waals surface area (Å²) in [5.41, 5.74) is 1.34. The predicted molar refractivity (Wildman–Crippen MR) is 124 cm³/mol. The van der Waals surface area contributed by atoms with Crippen molar-refractivity contribution < 1.29 is 19.1 Å². The number of nitrogens with zero attached hydrogens (tertiary/aromatic N) is 1. The van der Waals surface area contributed by atoms with E-state index in [4.69, 9.17) is 9.15 Å². The summed E-state index contributed by atoms with van der Waals surface area (Å²) in [6.45, 7) is 6.97. The van der Waals surface area contributed by atoms with Crippen LogP contribution in [0.5, 0.6) is 5.75 Å². The number of hydrogen-bond donors (Lipinski definition) is 1. The van der Waals surface area contributed by atoms with Gasteiger partial charge in [0.2, 0.25) is 0 Å². The van der Waals surface area contributed by atoms with Crippen LogP contribution >= 0.6 is 0 Å². The second-order valence-electron chi connectivity index (χ2n) is 9.67. The first-order valence-electron chi connectivity index (χ1n) is 12.1. The van der Waals surface area contributed by atoms with Crippen molar-refractivity contribution in [2.75, 3.05) is 13.1 Å². The number of aliphatic hydroxyl groups is 1. The Bertz CT molecular complexity index is 1040. The second-order valence-corrected chi connectivity index (χ2v) is 9.67. The highest BCUT2D eigenvalue weighted by molar-refractivity contribution is 5.88. The van der Waals surface area contributed by atoms with Gasteiger partial charge >= 0.3 is 5.63 Å². The molecule has 1 saturated heterocycles. The standard InChI is InChI=1S/C26H35NO5/c1-4-5-8-19-15-23(28)32-22-14-17(2)13-21(24(19)22)31-18(3)25(29)27-12-11-26(30)10-7-6-9-20(26)16-27/h13-15,18,20,30H,4-12,16H2,1-3H3/t18-,20+,26-/m1/s1. The second kappa shape index (κ2) is 9.26. The van der Waals surface area contributed by atoms with E-state index in [1.54, 1.807) is 13.0 Å². The minimum Gasteiger partial charge on any atom is -0.480 e. The number of fused-ring (bicyclic) bond motifs is 2. The molecule has 6 nitrogen and oxygen atoms in total. The molecule has 4 rings (SSSR count). The average Bonchev–Trinajstić information content (AvgIpc) is 2.75. The highest BCUT2D eigenvalue weighted by Gasteiger charge is 2.44. The zero-order chi connectivity index (χ0) is 22.9. The van der Waals surface area contributed by atoms with Crippen molar-refractivity contribution in [3.8, 4) is 5.75 Å². The van der Waals surface area contributed by atoms with Crippen LogP contribution in [0.25, 0.3) is 11.0 Å². The molecular formula is C26H35NO5. The van der Waals surface area contributed by atoms with Gasteiger partial charge in [0.1, 0.15) is 11.3 Å². The first-order chi connectivity index (χ1) is 15.3. The van der Waals surface area contributed by atoms with Crippen LogP contribution in [-0.4, -0.2) is 40.7 Å². The van der Waals surface area contributed by atoms with E-state index in [0.717, 1.165) is 61.5 Å². The lowest BCUT2D eigenvalue weighted by molar-refractivity contribution is -0.149. The van der Waals surface area contributed by atoms with E-state index in [9.17, 15) is 14.7 Å². The molecule has 2 aliphatic rings. The number of carbonyl (C=O) groups excluding carboxylic acids is 1. The summed E-state index contributed by atoms with van der Waals surface area (Å²) >= 11 is 0. The number of ether oxygens (including phenoxy) is 1. The molecular weight excluding hydrogens is 406 g/mol. The number of carbonyl (C=O) groups is 1. The van der Waals surface area contributed by atoms with Crippen molar-refractivity contribution >= 4 is 16.9 Å². The maximum Gasteiger partial charge on any atom is 0.336 e. The Kier molecular flexibility index (Phi) is 6.61. The normalized spacial score (nSPS) is 24.2. The lowest BCUT2D eigenvalue weighted by Crippen LogP contribution is -2.56. The third-order valence-corrected chi connectivity index (χ3v) is 7.22. The topological polar surface area (TPSA) is 80.0 Å². The van der Waals surface area contributed by atoms with Gasteiger partial charge in [-0.3, -0.25) is 4.79 Å². The van der Waals surface area contributed by atoms with Gasteiger partial charge in [-0.25, -0.2) is 4.79 Å². The number of hydrogen-bond acceptors (Lipinski definition) is 5. The van der Waals surface area contributed by atoms with E-state index in [-0.39, 0.29) is 17.5 Å². The molecule has 1 aliphatic heterocycles. The molecule has 1 N–H and O–H groups in total. The van der Waals surface area contributed by atoms with E-state index in [2.05, 4.69) is 6.92 Å². The molecule has 0 spiro atoms. The van der Waals surface area contributed by atoms with E-state index in [1.807, 2.05) is 24.0 Å². The van der Waals surface area contributed by atoms with Crippen molar-refractivity contribution in [2.45, 2.75) is 83.8 Å². The molecule has 6 heteroatoms. The van der Waals surface area contributed by atoms with E-state index < -0.39 is 11.7 Å². The monoisotopic (exact) mass is 441 g/mol. The quantitative estimate of drug-likeness (QED) is 0.674. The molecule has 0 bridgehead atoms. The average molecular weight is 442 g/mol. The summed E-state index contributed by atoms with van der Waals surface area (Å²) in [6.07, 6.45) is 6.69.